The van der Waals surface area contributed by atoms with E-state index in [4.69, 9.17) is 21.8 Å². The molecule has 0 bridgehead atoms. The maximum absolute atomic E-state index is 6.17. The first-order valence-electron chi connectivity index (χ1n) is 18.2. The molecule has 0 radical (unpaired) electrons. The van der Waals surface area contributed by atoms with Crippen LogP contribution in [0.25, 0.3) is 0 Å². The number of fused-ring (bicyclic) bond motifs is 1. The van der Waals surface area contributed by atoms with Crippen molar-refractivity contribution in [2.75, 3.05) is 7.11 Å². The zero-order chi connectivity index (χ0) is 34.3. The van der Waals surface area contributed by atoms with Crippen molar-refractivity contribution >= 4 is 40.3 Å². The molecule has 1 aromatic rings. The summed E-state index contributed by atoms with van der Waals surface area (Å²) in [6.07, 6.45) is 10.4. The predicted molar refractivity (Wildman–Crippen MR) is 220 cm³/mol. The SMILES string of the molecule is COc1c(C(C)(C)C)cc(C2CCCC3C2CC(C)C3[Si](C)(C)[Si](C)(C)C2CCC(C[Si](C)(C)C)C2)cc1C(C)(C)C.[CH3-].[CH3-].[Cl][Zr+2][Cl]. The second-order valence-corrected chi connectivity index (χ2v) is 45.3. The third kappa shape index (κ3) is 10.4. The fourth-order valence-corrected chi connectivity index (χ4v) is 27.6. The second kappa shape index (κ2) is 17.3. The number of hydrogen-bond donors (Lipinski definition) is 0. The Kier molecular flexibility index (Phi) is 17.0. The fourth-order valence-electron chi connectivity index (χ4n) is 10.7. The minimum atomic E-state index is -1.42. The summed E-state index contributed by atoms with van der Waals surface area (Å²) in [5.74, 6) is 5.60. The number of rotatable bonds is 7. The monoisotopic (exact) mass is 816 g/mol. The van der Waals surface area contributed by atoms with Crippen molar-refractivity contribution in [1.82, 2.24) is 0 Å². The molecular formula is C40H76Cl2OSi3Zr. The van der Waals surface area contributed by atoms with Gasteiger partial charge in [-0.25, -0.2) is 0 Å². The quantitative estimate of drug-likeness (QED) is 0.197. The van der Waals surface area contributed by atoms with Crippen LogP contribution in [0, 0.1) is 38.5 Å². The molecule has 1 nitrogen and oxygen atoms in total. The van der Waals surface area contributed by atoms with Crippen molar-refractivity contribution in [2.45, 2.75) is 173 Å². The molecule has 272 valence electrons. The van der Waals surface area contributed by atoms with Crippen LogP contribution in [0.4, 0.5) is 0 Å². The molecule has 4 rings (SSSR count). The Morgan fingerprint density at radius 2 is 1.28 bits per heavy atom. The van der Waals surface area contributed by atoms with Crippen molar-refractivity contribution in [3.8, 4) is 5.75 Å². The van der Waals surface area contributed by atoms with E-state index in [9.17, 15) is 0 Å². The third-order valence-electron chi connectivity index (χ3n) is 13.2. The van der Waals surface area contributed by atoms with Gasteiger partial charge in [0, 0.05) is 34.4 Å². The molecule has 1 aromatic carbocycles. The van der Waals surface area contributed by atoms with Gasteiger partial charge >= 0.3 is 37.9 Å². The van der Waals surface area contributed by atoms with E-state index in [1.54, 1.807) is 24.4 Å². The molecule has 3 fully saturated rings. The predicted octanol–water partition coefficient (Wildman–Crippen LogP) is 14.5. The Morgan fingerprint density at radius 3 is 1.72 bits per heavy atom. The van der Waals surface area contributed by atoms with Gasteiger partial charge in [0.15, 0.2) is 0 Å². The summed E-state index contributed by atoms with van der Waals surface area (Å²) in [5, 5.41) is 0. The van der Waals surface area contributed by atoms with Crippen molar-refractivity contribution in [3.63, 3.8) is 0 Å². The van der Waals surface area contributed by atoms with E-state index in [0.717, 1.165) is 40.5 Å². The average molecular weight is 819 g/mol. The molecule has 0 amide bonds. The summed E-state index contributed by atoms with van der Waals surface area (Å²) < 4.78 is 6.17. The molecule has 0 aromatic heterocycles. The summed E-state index contributed by atoms with van der Waals surface area (Å²) in [6, 6.07) is 6.76. The summed E-state index contributed by atoms with van der Waals surface area (Å²) in [5.41, 5.74) is 6.69. The fraction of sp³-hybridized carbons (Fsp3) is 0.800. The zero-order valence-corrected chi connectivity index (χ0v) is 41.0. The molecule has 3 saturated carbocycles. The average Bonchev–Trinajstić information content (AvgIpc) is 3.50. The molecule has 0 saturated heterocycles. The molecule has 7 atom stereocenters. The van der Waals surface area contributed by atoms with Crippen LogP contribution in [0.3, 0.4) is 0 Å². The van der Waals surface area contributed by atoms with Crippen LogP contribution < -0.4 is 4.74 Å². The van der Waals surface area contributed by atoms with Gasteiger partial charge in [-0.3, -0.25) is 0 Å². The number of hydrogen-bond acceptors (Lipinski definition) is 1. The molecule has 7 unspecified atom stereocenters. The van der Waals surface area contributed by atoms with Gasteiger partial charge in [-0.2, -0.15) is 0 Å². The van der Waals surface area contributed by atoms with Crippen molar-refractivity contribution in [2.24, 2.45) is 23.7 Å². The summed E-state index contributed by atoms with van der Waals surface area (Å²) in [6.45, 7) is 36.3. The first-order chi connectivity index (χ1) is 20.5. The van der Waals surface area contributed by atoms with Gasteiger partial charge in [0.2, 0.25) is 0 Å². The van der Waals surface area contributed by atoms with E-state index in [1.807, 2.05) is 7.11 Å². The van der Waals surface area contributed by atoms with Crippen LogP contribution in [0.15, 0.2) is 12.1 Å². The van der Waals surface area contributed by atoms with Gasteiger partial charge in [0.1, 0.15) is 5.75 Å². The van der Waals surface area contributed by atoms with Gasteiger partial charge in [-0.15, -0.1) is 0 Å². The number of benzene rings is 1. The van der Waals surface area contributed by atoms with Crippen LogP contribution in [-0.4, -0.2) is 30.4 Å². The molecule has 0 heterocycles. The third-order valence-corrected chi connectivity index (χ3v) is 35.7. The summed E-state index contributed by atoms with van der Waals surface area (Å²) in [4.78, 5) is 0. The van der Waals surface area contributed by atoms with Crippen LogP contribution in [0.5, 0.6) is 5.75 Å². The topological polar surface area (TPSA) is 9.23 Å². The number of halogens is 2. The normalized spacial score (nSPS) is 28.2. The van der Waals surface area contributed by atoms with E-state index in [0.29, 0.717) is 5.92 Å². The van der Waals surface area contributed by atoms with Crippen molar-refractivity contribution in [3.05, 3.63) is 43.7 Å². The first kappa shape index (κ1) is 46.2. The maximum atomic E-state index is 6.17. The Balaban J connectivity index is 0.00000213. The molecule has 3 aliphatic rings. The van der Waals surface area contributed by atoms with E-state index in [1.165, 1.54) is 43.2 Å². The van der Waals surface area contributed by atoms with Crippen LogP contribution in [0.1, 0.15) is 116 Å². The van der Waals surface area contributed by atoms with Crippen LogP contribution >= 0.6 is 17.0 Å². The minimum absolute atomic E-state index is 0. The van der Waals surface area contributed by atoms with E-state index < -0.39 is 44.1 Å². The number of ether oxygens (including phenoxy) is 1. The molecule has 3 aliphatic carbocycles. The standard InChI is InChI=1S/C38H70OSi3.2CH3.2ClH.Zr/c1-26-21-32-30(28-23-33(37(2,3)4)35(39-8)34(24-28)38(5,6)7)17-16-18-31(32)36(26)42(14,15)41(12,13)29-20-19-27(22-29)25-40(9,10)11;;;;;/h23-24,26-27,29-32,36H,16-22,25H2,1-15H3;2*1H3;2*1H;/q;2*-1;;;+4/p-2. The van der Waals surface area contributed by atoms with Gasteiger partial charge in [-0.1, -0.05) is 145 Å². The van der Waals surface area contributed by atoms with E-state index in [2.05, 4.69) is 106 Å². The Labute approximate surface area is 316 Å². The first-order valence-corrected chi connectivity index (χ1v) is 35.4. The van der Waals surface area contributed by atoms with Gasteiger partial charge in [0.05, 0.1) is 7.11 Å². The Bertz CT molecular complexity index is 1100. The Morgan fingerprint density at radius 1 is 0.766 bits per heavy atom. The molecule has 47 heavy (non-hydrogen) atoms. The van der Waals surface area contributed by atoms with Gasteiger partial charge < -0.3 is 19.6 Å². The van der Waals surface area contributed by atoms with Crippen LogP contribution in [-0.2, 0) is 31.7 Å². The molecule has 0 aliphatic heterocycles. The van der Waals surface area contributed by atoms with E-state index in [-0.39, 0.29) is 25.7 Å². The van der Waals surface area contributed by atoms with Gasteiger partial charge in [0.25, 0.3) is 0 Å². The summed E-state index contributed by atoms with van der Waals surface area (Å²) >= 11 is -0.826. The number of methoxy groups -OCH3 is 1. The van der Waals surface area contributed by atoms with E-state index >= 15 is 0 Å². The second-order valence-electron chi connectivity index (χ2n) is 19.9. The van der Waals surface area contributed by atoms with Crippen LogP contribution in [0.2, 0.25) is 63.0 Å². The molecule has 0 spiro atoms. The molecule has 0 N–H and O–H groups in total. The van der Waals surface area contributed by atoms with Gasteiger partial charge in [-0.05, 0) is 69.9 Å². The zero-order valence-electron chi connectivity index (χ0n) is 34.0. The molecular weight excluding hydrogens is 743 g/mol. The van der Waals surface area contributed by atoms with Crippen molar-refractivity contribution < 1.29 is 25.6 Å². The van der Waals surface area contributed by atoms with Crippen molar-refractivity contribution in [1.29, 1.82) is 0 Å². The molecule has 7 heteroatoms. The summed E-state index contributed by atoms with van der Waals surface area (Å²) in [7, 11) is 8.02. The Hall–Kier alpha value is 1.13.